The summed E-state index contributed by atoms with van der Waals surface area (Å²) in [6.45, 7) is 6.39. The number of halogens is 1. The van der Waals surface area contributed by atoms with Crippen molar-refractivity contribution in [3.63, 3.8) is 0 Å². The molecule has 0 saturated carbocycles. The minimum atomic E-state index is -0.118. The van der Waals surface area contributed by atoms with Gasteiger partial charge in [0.25, 0.3) is 0 Å². The summed E-state index contributed by atoms with van der Waals surface area (Å²) in [7, 11) is 0. The molecule has 1 aliphatic rings. The summed E-state index contributed by atoms with van der Waals surface area (Å²) in [5, 5.41) is 9.58. The summed E-state index contributed by atoms with van der Waals surface area (Å²) in [5.41, 5.74) is 0.708. The topological polar surface area (TPSA) is 43.8 Å². The molecule has 1 aliphatic heterocycles. The second-order valence-electron chi connectivity index (χ2n) is 5.15. The number of rotatable bonds is 5. The zero-order valence-electron chi connectivity index (χ0n) is 11.8. The SMILES string of the molecule is CC(C(=O)c1ccc(Cl)cc1)N1CCN(CCO)CC1. The number of carbonyl (C=O) groups is 1. The molecular weight excluding hydrogens is 276 g/mol. The number of ketones is 1. The molecule has 0 radical (unpaired) electrons. The second-order valence-corrected chi connectivity index (χ2v) is 5.58. The molecule has 1 heterocycles. The molecule has 0 aliphatic carbocycles. The van der Waals surface area contributed by atoms with E-state index in [1.165, 1.54) is 0 Å². The quantitative estimate of drug-likeness (QED) is 0.837. The maximum absolute atomic E-state index is 12.4. The first-order valence-electron chi connectivity index (χ1n) is 6.99. The van der Waals surface area contributed by atoms with Crippen molar-refractivity contribution < 1.29 is 9.90 Å². The van der Waals surface area contributed by atoms with Crippen LogP contribution in [-0.2, 0) is 0 Å². The summed E-state index contributed by atoms with van der Waals surface area (Å²) >= 11 is 5.84. The van der Waals surface area contributed by atoms with Crippen LogP contribution >= 0.6 is 11.6 Å². The Labute approximate surface area is 124 Å². The molecule has 0 bridgehead atoms. The molecule has 110 valence electrons. The maximum Gasteiger partial charge on any atom is 0.179 e. The van der Waals surface area contributed by atoms with Crippen molar-refractivity contribution in [2.24, 2.45) is 0 Å². The van der Waals surface area contributed by atoms with Gasteiger partial charge in [-0.15, -0.1) is 0 Å². The first-order chi connectivity index (χ1) is 9.61. The highest BCUT2D eigenvalue weighted by Crippen LogP contribution is 2.14. The summed E-state index contributed by atoms with van der Waals surface area (Å²) in [4.78, 5) is 16.8. The Morgan fingerprint density at radius 1 is 1.25 bits per heavy atom. The molecule has 2 rings (SSSR count). The van der Waals surface area contributed by atoms with Crippen molar-refractivity contribution in [3.8, 4) is 0 Å². The third-order valence-electron chi connectivity index (χ3n) is 3.88. The van der Waals surface area contributed by atoms with Crippen molar-refractivity contribution in [3.05, 3.63) is 34.9 Å². The van der Waals surface area contributed by atoms with E-state index in [0.29, 0.717) is 17.1 Å². The van der Waals surface area contributed by atoms with Gasteiger partial charge in [-0.3, -0.25) is 14.6 Å². The van der Waals surface area contributed by atoms with Crippen LogP contribution in [0.25, 0.3) is 0 Å². The maximum atomic E-state index is 12.4. The van der Waals surface area contributed by atoms with Crippen molar-refractivity contribution >= 4 is 17.4 Å². The fraction of sp³-hybridized carbons (Fsp3) is 0.533. The lowest BCUT2D eigenvalue weighted by Crippen LogP contribution is -2.52. The molecule has 1 atom stereocenters. The van der Waals surface area contributed by atoms with Crippen LogP contribution in [0.5, 0.6) is 0 Å². The first-order valence-corrected chi connectivity index (χ1v) is 7.36. The smallest absolute Gasteiger partial charge is 0.179 e. The summed E-state index contributed by atoms with van der Waals surface area (Å²) < 4.78 is 0. The molecule has 1 aromatic rings. The van der Waals surface area contributed by atoms with Crippen molar-refractivity contribution in [2.45, 2.75) is 13.0 Å². The van der Waals surface area contributed by atoms with E-state index in [0.717, 1.165) is 26.2 Å². The molecular formula is C15H21ClN2O2. The van der Waals surface area contributed by atoms with Gasteiger partial charge in [-0.1, -0.05) is 11.6 Å². The molecule has 4 nitrogen and oxygen atoms in total. The number of β-amino-alcohol motifs (C(OH)–C–C–N with tert-alkyl or cyclic N) is 1. The predicted molar refractivity (Wildman–Crippen MR) is 80.3 cm³/mol. The van der Waals surface area contributed by atoms with E-state index in [2.05, 4.69) is 9.80 Å². The number of nitrogens with zero attached hydrogens (tertiary/aromatic N) is 2. The lowest BCUT2D eigenvalue weighted by molar-refractivity contribution is 0.0663. The molecule has 0 aromatic heterocycles. The highest BCUT2D eigenvalue weighted by atomic mass is 35.5. The van der Waals surface area contributed by atoms with E-state index in [9.17, 15) is 4.79 Å². The number of Topliss-reactive ketones (excluding diaryl/α,β-unsaturated/α-hetero) is 1. The average Bonchev–Trinajstić information content (AvgIpc) is 2.48. The molecule has 1 fully saturated rings. The fourth-order valence-electron chi connectivity index (χ4n) is 2.54. The van der Waals surface area contributed by atoms with Gasteiger partial charge >= 0.3 is 0 Å². The number of aliphatic hydroxyl groups excluding tert-OH is 1. The third-order valence-corrected chi connectivity index (χ3v) is 4.13. The van der Waals surface area contributed by atoms with E-state index in [1.54, 1.807) is 24.3 Å². The number of benzene rings is 1. The summed E-state index contributed by atoms with van der Waals surface area (Å²) in [6, 6.07) is 6.95. The number of hydrogen-bond acceptors (Lipinski definition) is 4. The van der Waals surface area contributed by atoms with Gasteiger partial charge in [0.1, 0.15) is 0 Å². The summed E-state index contributed by atoms with van der Waals surface area (Å²) in [5.74, 6) is 0.136. The van der Waals surface area contributed by atoms with E-state index in [4.69, 9.17) is 16.7 Å². The van der Waals surface area contributed by atoms with Gasteiger partial charge in [-0.25, -0.2) is 0 Å². The second kappa shape index (κ2) is 7.18. The minimum absolute atomic E-state index is 0.118. The van der Waals surface area contributed by atoms with Crippen LogP contribution in [0.15, 0.2) is 24.3 Å². The van der Waals surface area contributed by atoms with E-state index >= 15 is 0 Å². The van der Waals surface area contributed by atoms with Crippen molar-refractivity contribution in [2.75, 3.05) is 39.3 Å². The van der Waals surface area contributed by atoms with Crippen LogP contribution in [0.3, 0.4) is 0 Å². The van der Waals surface area contributed by atoms with Crippen LogP contribution in [0.2, 0.25) is 5.02 Å². The molecule has 0 amide bonds. The van der Waals surface area contributed by atoms with Crippen LogP contribution in [0.4, 0.5) is 0 Å². The van der Waals surface area contributed by atoms with E-state index in [1.807, 2.05) is 6.92 Å². The Morgan fingerprint density at radius 3 is 2.40 bits per heavy atom. The standard InChI is InChI=1S/C15H21ClN2O2/c1-12(15(20)13-2-4-14(16)5-3-13)18-8-6-17(7-9-18)10-11-19/h2-5,12,19H,6-11H2,1H3. The van der Waals surface area contributed by atoms with Crippen molar-refractivity contribution in [1.82, 2.24) is 9.80 Å². The number of carbonyl (C=O) groups excluding carboxylic acids is 1. The largest absolute Gasteiger partial charge is 0.395 e. The first kappa shape index (κ1) is 15.4. The molecule has 1 saturated heterocycles. The molecule has 1 unspecified atom stereocenters. The summed E-state index contributed by atoms with van der Waals surface area (Å²) in [6.07, 6.45) is 0. The van der Waals surface area contributed by atoms with Gasteiger partial charge in [0.15, 0.2) is 5.78 Å². The average molecular weight is 297 g/mol. The lowest BCUT2D eigenvalue weighted by Gasteiger charge is -2.37. The van der Waals surface area contributed by atoms with Crippen molar-refractivity contribution in [1.29, 1.82) is 0 Å². The van der Waals surface area contributed by atoms with E-state index < -0.39 is 0 Å². The van der Waals surface area contributed by atoms with E-state index in [-0.39, 0.29) is 18.4 Å². The van der Waals surface area contributed by atoms with Gasteiger partial charge in [0, 0.05) is 43.3 Å². The monoisotopic (exact) mass is 296 g/mol. The van der Waals surface area contributed by atoms with Gasteiger partial charge in [0.2, 0.25) is 0 Å². The van der Waals surface area contributed by atoms with Crippen LogP contribution in [0, 0.1) is 0 Å². The molecule has 0 spiro atoms. The Morgan fingerprint density at radius 2 is 1.85 bits per heavy atom. The van der Waals surface area contributed by atoms with Gasteiger partial charge in [-0.05, 0) is 31.2 Å². The Bertz CT molecular complexity index is 442. The van der Waals surface area contributed by atoms with Gasteiger partial charge < -0.3 is 5.11 Å². The van der Waals surface area contributed by atoms with Crippen LogP contribution in [0.1, 0.15) is 17.3 Å². The molecule has 20 heavy (non-hydrogen) atoms. The minimum Gasteiger partial charge on any atom is -0.395 e. The molecule has 1 aromatic carbocycles. The van der Waals surface area contributed by atoms with Gasteiger partial charge in [0.05, 0.1) is 12.6 Å². The van der Waals surface area contributed by atoms with Gasteiger partial charge in [-0.2, -0.15) is 0 Å². The zero-order valence-corrected chi connectivity index (χ0v) is 12.5. The predicted octanol–water partition coefficient (Wildman–Crippen LogP) is 1.52. The molecule has 5 heteroatoms. The number of piperazine rings is 1. The number of hydrogen-bond donors (Lipinski definition) is 1. The fourth-order valence-corrected chi connectivity index (χ4v) is 2.66. The zero-order chi connectivity index (χ0) is 14.5. The Kier molecular flexibility index (Phi) is 5.54. The highest BCUT2D eigenvalue weighted by Gasteiger charge is 2.25. The van der Waals surface area contributed by atoms with Crippen LogP contribution < -0.4 is 0 Å². The van der Waals surface area contributed by atoms with Crippen LogP contribution in [-0.4, -0.2) is 66.1 Å². The number of aliphatic hydroxyl groups is 1. The third kappa shape index (κ3) is 3.79. The Hall–Kier alpha value is -0.940. The highest BCUT2D eigenvalue weighted by molar-refractivity contribution is 6.30. The lowest BCUT2D eigenvalue weighted by atomic mass is 10.0. The Balaban J connectivity index is 1.93. The molecule has 1 N–H and O–H groups in total. The normalized spacial score (nSPS) is 18.9.